The summed E-state index contributed by atoms with van der Waals surface area (Å²) in [6, 6.07) is 11.5. The van der Waals surface area contributed by atoms with Crippen molar-refractivity contribution >= 4 is 27.2 Å². The van der Waals surface area contributed by atoms with E-state index < -0.39 is 0 Å². The van der Waals surface area contributed by atoms with Crippen LogP contribution in [0.1, 0.15) is 10.9 Å². The molecular weight excluding hydrogens is 364 g/mol. The Balaban J connectivity index is 1.50. The van der Waals surface area contributed by atoms with Gasteiger partial charge in [-0.2, -0.15) is 4.98 Å². The third-order valence-corrected chi connectivity index (χ3v) is 4.99. The summed E-state index contributed by atoms with van der Waals surface area (Å²) in [6.07, 6.45) is 0. The summed E-state index contributed by atoms with van der Waals surface area (Å²) < 4.78 is 17.1. The second-order valence-corrected chi connectivity index (χ2v) is 7.08. The molecule has 138 valence electrons. The van der Waals surface area contributed by atoms with Crippen molar-refractivity contribution in [3.63, 3.8) is 0 Å². The fourth-order valence-corrected chi connectivity index (χ4v) is 3.61. The van der Waals surface area contributed by atoms with Crippen molar-refractivity contribution in [3.05, 3.63) is 47.3 Å². The minimum Gasteiger partial charge on any atom is -0.497 e. The molecule has 8 heteroatoms. The lowest BCUT2D eigenvalue weighted by Crippen LogP contribution is -1.99. The zero-order valence-corrected chi connectivity index (χ0v) is 16.0. The molecule has 7 nitrogen and oxygen atoms in total. The van der Waals surface area contributed by atoms with Crippen molar-refractivity contribution in [1.29, 1.82) is 0 Å². The lowest BCUT2D eigenvalue weighted by Gasteiger charge is -2.07. The Labute approximate surface area is 160 Å². The molecule has 1 N–H and O–H groups in total. The highest BCUT2D eigenvalue weighted by Crippen LogP contribution is 2.31. The van der Waals surface area contributed by atoms with Gasteiger partial charge in [-0.25, -0.2) is 4.98 Å². The molecule has 0 saturated heterocycles. The summed E-state index contributed by atoms with van der Waals surface area (Å²) in [5, 5.41) is 8.42. The van der Waals surface area contributed by atoms with E-state index in [2.05, 4.69) is 26.5 Å². The number of fused-ring (bicyclic) bond motifs is 1. The van der Waals surface area contributed by atoms with Gasteiger partial charge < -0.3 is 19.3 Å². The molecule has 4 aromatic rings. The Bertz CT molecular complexity index is 1090. The van der Waals surface area contributed by atoms with Crippen LogP contribution in [-0.2, 0) is 6.54 Å². The molecule has 0 bridgehead atoms. The van der Waals surface area contributed by atoms with Crippen LogP contribution >= 0.6 is 11.3 Å². The predicted molar refractivity (Wildman–Crippen MR) is 105 cm³/mol. The molecule has 2 aromatic carbocycles. The number of hydrogen-bond donors (Lipinski definition) is 1. The number of aryl methyl sites for hydroxylation is 1. The van der Waals surface area contributed by atoms with Gasteiger partial charge in [-0.3, -0.25) is 0 Å². The van der Waals surface area contributed by atoms with E-state index in [0.29, 0.717) is 29.8 Å². The molecule has 0 unspecified atom stereocenters. The SMILES string of the molecule is COc1ccc(-c2noc(CNc3ccc4nc(C)sc4c3)n2)c(OC)c1. The minimum absolute atomic E-state index is 0.425. The molecule has 0 saturated carbocycles. The normalized spacial score (nSPS) is 10.9. The van der Waals surface area contributed by atoms with Crippen LogP contribution in [0, 0.1) is 6.92 Å². The van der Waals surface area contributed by atoms with Crippen molar-refractivity contribution in [2.75, 3.05) is 19.5 Å². The zero-order chi connectivity index (χ0) is 18.8. The molecule has 27 heavy (non-hydrogen) atoms. The first-order chi connectivity index (χ1) is 13.2. The molecule has 0 aliphatic carbocycles. The van der Waals surface area contributed by atoms with Crippen LogP contribution in [0.5, 0.6) is 11.5 Å². The topological polar surface area (TPSA) is 82.3 Å². The van der Waals surface area contributed by atoms with E-state index >= 15 is 0 Å². The number of methoxy groups -OCH3 is 2. The van der Waals surface area contributed by atoms with Gasteiger partial charge in [0.1, 0.15) is 11.5 Å². The summed E-state index contributed by atoms with van der Waals surface area (Å²) in [5.41, 5.74) is 2.73. The average Bonchev–Trinajstić information content (AvgIpc) is 3.30. The second kappa shape index (κ2) is 7.24. The number of ether oxygens (including phenoxy) is 2. The number of anilines is 1. The van der Waals surface area contributed by atoms with Crippen molar-refractivity contribution < 1.29 is 14.0 Å². The fourth-order valence-electron chi connectivity index (χ4n) is 2.75. The van der Waals surface area contributed by atoms with E-state index in [-0.39, 0.29) is 0 Å². The molecule has 0 atom stereocenters. The van der Waals surface area contributed by atoms with Crippen LogP contribution in [0.4, 0.5) is 5.69 Å². The van der Waals surface area contributed by atoms with E-state index in [4.69, 9.17) is 14.0 Å². The van der Waals surface area contributed by atoms with E-state index in [0.717, 1.165) is 26.5 Å². The molecule has 0 aliphatic heterocycles. The maximum Gasteiger partial charge on any atom is 0.246 e. The summed E-state index contributed by atoms with van der Waals surface area (Å²) >= 11 is 1.67. The highest BCUT2D eigenvalue weighted by atomic mass is 32.1. The highest BCUT2D eigenvalue weighted by Gasteiger charge is 2.14. The highest BCUT2D eigenvalue weighted by molar-refractivity contribution is 7.18. The number of benzene rings is 2. The van der Waals surface area contributed by atoms with Crippen LogP contribution in [-0.4, -0.2) is 29.3 Å². The summed E-state index contributed by atoms with van der Waals surface area (Å²) in [5.74, 6) is 2.29. The van der Waals surface area contributed by atoms with Crippen LogP contribution < -0.4 is 14.8 Å². The Morgan fingerprint density at radius 3 is 2.78 bits per heavy atom. The van der Waals surface area contributed by atoms with Crippen LogP contribution in [0.15, 0.2) is 40.9 Å². The standard InChI is InChI=1S/C19H18N4O3S/c1-11-21-15-7-4-12(8-17(15)27-11)20-10-18-22-19(23-26-18)14-6-5-13(24-2)9-16(14)25-3/h4-9,20H,10H2,1-3H3. The van der Waals surface area contributed by atoms with Gasteiger partial charge in [-0.1, -0.05) is 5.16 Å². The quantitative estimate of drug-likeness (QED) is 0.533. The Hall–Kier alpha value is -3.13. The van der Waals surface area contributed by atoms with Gasteiger partial charge in [0.25, 0.3) is 0 Å². The molecule has 0 spiro atoms. The average molecular weight is 382 g/mol. The lowest BCUT2D eigenvalue weighted by molar-refractivity contribution is 0.382. The second-order valence-electron chi connectivity index (χ2n) is 5.85. The summed E-state index contributed by atoms with van der Waals surface area (Å²) in [4.78, 5) is 8.92. The number of thiazole rings is 1. The van der Waals surface area contributed by atoms with Crippen molar-refractivity contribution in [3.8, 4) is 22.9 Å². The third kappa shape index (κ3) is 3.56. The van der Waals surface area contributed by atoms with Crippen LogP contribution in [0.3, 0.4) is 0 Å². The first-order valence-corrected chi connectivity index (χ1v) is 9.14. The number of hydrogen-bond acceptors (Lipinski definition) is 8. The maximum absolute atomic E-state index is 5.40. The molecule has 2 heterocycles. The van der Waals surface area contributed by atoms with Crippen LogP contribution in [0.2, 0.25) is 0 Å². The Morgan fingerprint density at radius 2 is 1.96 bits per heavy atom. The van der Waals surface area contributed by atoms with Gasteiger partial charge in [0.05, 0.1) is 41.6 Å². The lowest BCUT2D eigenvalue weighted by atomic mass is 10.2. The molecule has 0 aliphatic rings. The van der Waals surface area contributed by atoms with Crippen molar-refractivity contribution in [1.82, 2.24) is 15.1 Å². The summed E-state index contributed by atoms with van der Waals surface area (Å²) in [7, 11) is 3.20. The Kier molecular flexibility index (Phi) is 4.64. The Morgan fingerprint density at radius 1 is 1.07 bits per heavy atom. The molecule has 0 fully saturated rings. The first kappa shape index (κ1) is 17.3. The first-order valence-electron chi connectivity index (χ1n) is 8.32. The monoisotopic (exact) mass is 382 g/mol. The van der Waals surface area contributed by atoms with Gasteiger partial charge in [0.15, 0.2) is 0 Å². The van der Waals surface area contributed by atoms with Gasteiger partial charge in [-0.05, 0) is 37.3 Å². The predicted octanol–water partition coefficient (Wildman–Crippen LogP) is 4.28. The molecule has 0 radical (unpaired) electrons. The summed E-state index contributed by atoms with van der Waals surface area (Å²) in [6.45, 7) is 2.43. The van der Waals surface area contributed by atoms with E-state index in [1.54, 1.807) is 31.6 Å². The number of nitrogens with one attached hydrogen (secondary N) is 1. The van der Waals surface area contributed by atoms with E-state index in [1.165, 1.54) is 0 Å². The number of aromatic nitrogens is 3. The van der Waals surface area contributed by atoms with Gasteiger partial charge in [-0.15, -0.1) is 11.3 Å². The molecule has 4 rings (SSSR count). The van der Waals surface area contributed by atoms with Gasteiger partial charge in [0, 0.05) is 11.8 Å². The molecule has 2 aromatic heterocycles. The van der Waals surface area contributed by atoms with Crippen LogP contribution in [0.25, 0.3) is 21.6 Å². The maximum atomic E-state index is 5.40. The number of nitrogens with zero attached hydrogens (tertiary/aromatic N) is 3. The van der Waals surface area contributed by atoms with Crippen molar-refractivity contribution in [2.24, 2.45) is 0 Å². The zero-order valence-electron chi connectivity index (χ0n) is 15.1. The van der Waals surface area contributed by atoms with Crippen molar-refractivity contribution in [2.45, 2.75) is 13.5 Å². The van der Waals surface area contributed by atoms with E-state index in [1.807, 2.05) is 31.2 Å². The largest absolute Gasteiger partial charge is 0.497 e. The van der Waals surface area contributed by atoms with E-state index in [9.17, 15) is 0 Å². The fraction of sp³-hybridized carbons (Fsp3) is 0.211. The van der Waals surface area contributed by atoms with Gasteiger partial charge >= 0.3 is 0 Å². The van der Waals surface area contributed by atoms with Gasteiger partial charge in [0.2, 0.25) is 11.7 Å². The molecular formula is C19H18N4O3S. The smallest absolute Gasteiger partial charge is 0.246 e. The number of rotatable bonds is 6. The minimum atomic E-state index is 0.425. The molecule has 0 amide bonds. The third-order valence-electron chi connectivity index (χ3n) is 4.06.